The van der Waals surface area contributed by atoms with Crippen molar-refractivity contribution in [3.8, 4) is 11.5 Å². The number of benzene rings is 1. The summed E-state index contributed by atoms with van der Waals surface area (Å²) in [6, 6.07) is 6.06. The van der Waals surface area contributed by atoms with Gasteiger partial charge in [0.2, 0.25) is 0 Å². The van der Waals surface area contributed by atoms with Gasteiger partial charge in [-0.2, -0.15) is 11.8 Å². The molecule has 0 aliphatic carbocycles. The largest absolute Gasteiger partial charge is 0.493 e. The minimum atomic E-state index is -0.0911. The fourth-order valence-electron chi connectivity index (χ4n) is 2.25. The maximum atomic E-state index is 5.42. The van der Waals surface area contributed by atoms with Crippen LogP contribution in [-0.2, 0) is 5.41 Å². The number of nitrogens with one attached hydrogen (secondary N) is 2. The van der Waals surface area contributed by atoms with Crippen LogP contribution in [0.15, 0.2) is 23.2 Å². The van der Waals surface area contributed by atoms with Gasteiger partial charge in [0.05, 0.1) is 14.2 Å². The van der Waals surface area contributed by atoms with Crippen molar-refractivity contribution in [2.24, 2.45) is 4.99 Å². The van der Waals surface area contributed by atoms with Crippen LogP contribution in [0.3, 0.4) is 0 Å². The van der Waals surface area contributed by atoms with Crippen molar-refractivity contribution in [3.63, 3.8) is 0 Å². The lowest BCUT2D eigenvalue weighted by Gasteiger charge is -2.29. The van der Waals surface area contributed by atoms with Gasteiger partial charge in [0.25, 0.3) is 0 Å². The predicted molar refractivity (Wildman–Crippen MR) is 110 cm³/mol. The third-order valence-electron chi connectivity index (χ3n) is 4.32. The molecule has 1 rings (SSSR count). The first-order valence-corrected chi connectivity index (χ1v) is 9.63. The molecule has 0 amide bonds. The monoisotopic (exact) mass is 367 g/mol. The highest BCUT2D eigenvalue weighted by Crippen LogP contribution is 2.32. The lowest BCUT2D eigenvalue weighted by Crippen LogP contribution is -2.46. The number of aliphatic imine (C=N–C) groups is 1. The number of rotatable bonds is 8. The second-order valence-electron chi connectivity index (χ2n) is 7.20. The molecule has 0 aliphatic rings. The van der Waals surface area contributed by atoms with Crippen molar-refractivity contribution in [3.05, 3.63) is 23.8 Å². The van der Waals surface area contributed by atoms with Gasteiger partial charge in [-0.25, -0.2) is 0 Å². The number of hydrogen-bond acceptors (Lipinski definition) is 4. The van der Waals surface area contributed by atoms with Crippen molar-refractivity contribution < 1.29 is 9.47 Å². The summed E-state index contributed by atoms with van der Waals surface area (Å²) in [6.07, 6.45) is 2.12. The van der Waals surface area contributed by atoms with Crippen LogP contribution in [0.4, 0.5) is 0 Å². The second-order valence-corrected chi connectivity index (χ2v) is 8.71. The molecular formula is C19H33N3O2S. The summed E-state index contributed by atoms with van der Waals surface area (Å²) in [5, 5.41) is 6.83. The lowest BCUT2D eigenvalue weighted by atomic mass is 9.84. The molecule has 0 aliphatic heterocycles. The third kappa shape index (κ3) is 6.34. The molecule has 0 aromatic heterocycles. The smallest absolute Gasteiger partial charge is 0.191 e. The number of ether oxygens (including phenoxy) is 2. The van der Waals surface area contributed by atoms with Crippen molar-refractivity contribution in [1.82, 2.24) is 10.6 Å². The highest BCUT2D eigenvalue weighted by molar-refractivity contribution is 7.99. The van der Waals surface area contributed by atoms with Gasteiger partial charge in [-0.3, -0.25) is 4.99 Å². The van der Waals surface area contributed by atoms with Crippen LogP contribution < -0.4 is 20.1 Å². The van der Waals surface area contributed by atoms with Crippen LogP contribution in [0, 0.1) is 0 Å². The van der Waals surface area contributed by atoms with Gasteiger partial charge in [-0.1, -0.05) is 19.9 Å². The maximum absolute atomic E-state index is 5.42. The van der Waals surface area contributed by atoms with E-state index in [1.54, 1.807) is 21.3 Å². The van der Waals surface area contributed by atoms with E-state index in [4.69, 9.17) is 9.47 Å². The highest BCUT2D eigenvalue weighted by Gasteiger charge is 2.23. The SMILES string of the molecule is CN=C(NCC(C)(C)SC)NCC(C)(C)c1ccc(OC)c(OC)c1. The molecule has 0 bridgehead atoms. The van der Waals surface area contributed by atoms with E-state index in [0.29, 0.717) is 0 Å². The molecule has 5 nitrogen and oxygen atoms in total. The van der Waals surface area contributed by atoms with Crippen LogP contribution in [0.25, 0.3) is 0 Å². The quantitative estimate of drug-likeness (QED) is 0.545. The molecule has 0 spiro atoms. The fourth-order valence-corrected chi connectivity index (χ4v) is 2.47. The Kier molecular flexibility index (Phi) is 7.93. The zero-order valence-corrected chi connectivity index (χ0v) is 17.6. The van der Waals surface area contributed by atoms with E-state index >= 15 is 0 Å². The Balaban J connectivity index is 2.77. The summed E-state index contributed by atoms with van der Waals surface area (Å²) < 4.78 is 10.9. The highest BCUT2D eigenvalue weighted by atomic mass is 32.2. The zero-order chi connectivity index (χ0) is 19.1. The average molecular weight is 368 g/mol. The van der Waals surface area contributed by atoms with E-state index in [1.165, 1.54) is 5.56 Å². The normalized spacial score (nSPS) is 12.7. The Bertz CT molecular complexity index is 586. The number of thioether (sulfide) groups is 1. The molecular weight excluding hydrogens is 334 g/mol. The van der Waals surface area contributed by atoms with Gasteiger partial charge in [-0.15, -0.1) is 0 Å². The summed E-state index contributed by atoms with van der Waals surface area (Å²) in [7, 11) is 5.10. The Labute approximate surface area is 157 Å². The molecule has 0 unspecified atom stereocenters. The molecule has 0 heterocycles. The van der Waals surface area contributed by atoms with E-state index in [0.717, 1.165) is 30.5 Å². The van der Waals surface area contributed by atoms with Crippen molar-refractivity contribution in [2.45, 2.75) is 37.9 Å². The number of nitrogens with zero attached hydrogens (tertiary/aromatic N) is 1. The molecule has 0 saturated heterocycles. The third-order valence-corrected chi connectivity index (χ3v) is 5.57. The molecule has 0 atom stereocenters. The van der Waals surface area contributed by atoms with E-state index in [2.05, 4.69) is 55.6 Å². The van der Waals surface area contributed by atoms with Crippen LogP contribution in [0.1, 0.15) is 33.3 Å². The number of methoxy groups -OCH3 is 2. The number of guanidine groups is 1. The van der Waals surface area contributed by atoms with E-state index in [-0.39, 0.29) is 10.2 Å². The molecule has 1 aromatic carbocycles. The first-order valence-electron chi connectivity index (χ1n) is 8.41. The second kappa shape index (κ2) is 9.22. The predicted octanol–water partition coefficient (Wildman–Crippen LogP) is 3.29. The fraction of sp³-hybridized carbons (Fsp3) is 0.632. The van der Waals surface area contributed by atoms with Gasteiger partial charge < -0.3 is 20.1 Å². The standard InChI is InChI=1S/C19H33N3O2S/c1-18(2,14-9-10-15(23-6)16(11-14)24-7)12-21-17(20-5)22-13-19(3,4)25-8/h9-11H,12-13H2,1-8H3,(H2,20,21,22). The van der Waals surface area contributed by atoms with Gasteiger partial charge in [0, 0.05) is 30.3 Å². The molecule has 142 valence electrons. The minimum absolute atomic E-state index is 0.0911. The Morgan fingerprint density at radius 2 is 1.64 bits per heavy atom. The number of hydrogen-bond donors (Lipinski definition) is 2. The molecule has 25 heavy (non-hydrogen) atoms. The van der Waals surface area contributed by atoms with Crippen molar-refractivity contribution in [2.75, 3.05) is 40.6 Å². The first-order chi connectivity index (χ1) is 11.7. The minimum Gasteiger partial charge on any atom is -0.493 e. The Hall–Kier alpha value is -1.56. The molecule has 0 fully saturated rings. The molecule has 0 radical (unpaired) electrons. The Morgan fingerprint density at radius 3 is 2.16 bits per heavy atom. The summed E-state index contributed by atoms with van der Waals surface area (Å²) in [4.78, 5) is 4.32. The van der Waals surface area contributed by atoms with Crippen molar-refractivity contribution >= 4 is 17.7 Å². The summed E-state index contributed by atoms with van der Waals surface area (Å²) in [5.74, 6) is 2.31. The molecule has 1 aromatic rings. The summed E-state index contributed by atoms with van der Waals surface area (Å²) >= 11 is 1.84. The Morgan fingerprint density at radius 1 is 1.04 bits per heavy atom. The van der Waals surface area contributed by atoms with Gasteiger partial charge in [-0.05, 0) is 37.8 Å². The summed E-state index contributed by atoms with van der Waals surface area (Å²) in [6.45, 7) is 10.4. The zero-order valence-electron chi connectivity index (χ0n) is 16.8. The van der Waals surface area contributed by atoms with Crippen molar-refractivity contribution in [1.29, 1.82) is 0 Å². The maximum Gasteiger partial charge on any atom is 0.191 e. The average Bonchev–Trinajstić information content (AvgIpc) is 2.61. The molecule has 6 heteroatoms. The lowest BCUT2D eigenvalue weighted by molar-refractivity contribution is 0.353. The van der Waals surface area contributed by atoms with Gasteiger partial charge in [0.1, 0.15) is 0 Å². The first kappa shape index (κ1) is 21.5. The van der Waals surface area contributed by atoms with Crippen LogP contribution in [0.5, 0.6) is 11.5 Å². The van der Waals surface area contributed by atoms with Crippen LogP contribution in [-0.4, -0.2) is 51.3 Å². The van der Waals surface area contributed by atoms with Gasteiger partial charge in [0.15, 0.2) is 17.5 Å². The van der Waals surface area contributed by atoms with E-state index in [1.807, 2.05) is 23.9 Å². The van der Waals surface area contributed by atoms with Crippen LogP contribution >= 0.6 is 11.8 Å². The van der Waals surface area contributed by atoms with Crippen LogP contribution in [0.2, 0.25) is 0 Å². The van der Waals surface area contributed by atoms with E-state index < -0.39 is 0 Å². The molecule has 0 saturated carbocycles. The molecule has 2 N–H and O–H groups in total. The summed E-state index contributed by atoms with van der Waals surface area (Å²) in [5.41, 5.74) is 1.09. The topological polar surface area (TPSA) is 54.9 Å². The van der Waals surface area contributed by atoms with E-state index in [9.17, 15) is 0 Å². The van der Waals surface area contributed by atoms with Gasteiger partial charge >= 0.3 is 0 Å².